The maximum atomic E-state index is 12.1. The second-order valence-corrected chi connectivity index (χ2v) is 5.39. The summed E-state index contributed by atoms with van der Waals surface area (Å²) >= 11 is 0. The normalized spacial score (nSPS) is 28.7. The highest BCUT2D eigenvalue weighted by molar-refractivity contribution is 5.83. The summed E-state index contributed by atoms with van der Waals surface area (Å²) in [5, 5.41) is 11.9. The van der Waals surface area contributed by atoms with E-state index >= 15 is 0 Å². The van der Waals surface area contributed by atoms with Gasteiger partial charge in [-0.05, 0) is 38.5 Å². The molecule has 0 radical (unpaired) electrons. The Hall–Kier alpha value is -1.14. The molecule has 2 rings (SSSR count). The Kier molecular flexibility index (Phi) is 4.42. The fraction of sp³-hybridized carbons (Fsp3) is 0.846. The molecule has 108 valence electrons. The molecule has 2 atom stereocenters. The molecule has 0 aromatic heterocycles. The van der Waals surface area contributed by atoms with Gasteiger partial charge in [0, 0.05) is 19.3 Å². The minimum absolute atomic E-state index is 0.169. The van der Waals surface area contributed by atoms with Crippen LogP contribution in [0.25, 0.3) is 0 Å². The van der Waals surface area contributed by atoms with Gasteiger partial charge in [0.05, 0.1) is 0 Å². The third-order valence-electron chi connectivity index (χ3n) is 4.07. The van der Waals surface area contributed by atoms with Crippen molar-refractivity contribution in [3.63, 3.8) is 0 Å². The number of ether oxygens (including phenoxy) is 2. The third-order valence-corrected chi connectivity index (χ3v) is 4.07. The van der Waals surface area contributed by atoms with Gasteiger partial charge in [0.1, 0.15) is 6.10 Å². The maximum Gasteiger partial charge on any atom is 0.332 e. The highest BCUT2D eigenvalue weighted by Crippen LogP contribution is 2.35. The molecular weight excluding hydrogens is 250 g/mol. The molecular formula is C13H21NO5. The Morgan fingerprint density at radius 2 is 2.05 bits per heavy atom. The quantitative estimate of drug-likeness (QED) is 0.742. The van der Waals surface area contributed by atoms with Crippen molar-refractivity contribution in [3.05, 3.63) is 0 Å². The lowest BCUT2D eigenvalue weighted by Gasteiger charge is -2.43. The van der Waals surface area contributed by atoms with Gasteiger partial charge in [0.15, 0.2) is 6.10 Å². The average molecular weight is 271 g/mol. The molecule has 2 N–H and O–H groups in total. The second kappa shape index (κ2) is 5.88. The number of carboxylic acid groups (broad SMARTS) is 1. The molecule has 0 aromatic carbocycles. The lowest BCUT2D eigenvalue weighted by molar-refractivity contribution is -0.152. The van der Waals surface area contributed by atoms with Crippen LogP contribution in [0.15, 0.2) is 0 Å². The minimum atomic E-state index is -0.993. The number of carbonyl (C=O) groups excluding carboxylic acids is 1. The predicted octanol–water partition coefficient (Wildman–Crippen LogP) is 0.694. The van der Waals surface area contributed by atoms with Crippen LogP contribution in [0.2, 0.25) is 0 Å². The molecule has 2 aliphatic rings. The van der Waals surface area contributed by atoms with Gasteiger partial charge in [-0.3, -0.25) is 4.79 Å². The summed E-state index contributed by atoms with van der Waals surface area (Å²) in [6, 6.07) is 0. The van der Waals surface area contributed by atoms with E-state index in [0.29, 0.717) is 19.4 Å². The van der Waals surface area contributed by atoms with Crippen molar-refractivity contribution < 1.29 is 24.2 Å². The van der Waals surface area contributed by atoms with Gasteiger partial charge in [-0.2, -0.15) is 0 Å². The molecule has 0 unspecified atom stereocenters. The van der Waals surface area contributed by atoms with Crippen LogP contribution in [0.1, 0.15) is 38.5 Å². The lowest BCUT2D eigenvalue weighted by Crippen LogP contribution is -2.56. The molecule has 19 heavy (non-hydrogen) atoms. The first-order valence-electron chi connectivity index (χ1n) is 6.75. The molecule has 1 aliphatic heterocycles. The topological polar surface area (TPSA) is 84.9 Å². The van der Waals surface area contributed by atoms with E-state index in [2.05, 4.69) is 5.32 Å². The monoisotopic (exact) mass is 271 g/mol. The third kappa shape index (κ3) is 3.25. The van der Waals surface area contributed by atoms with Gasteiger partial charge in [0.25, 0.3) is 0 Å². The Morgan fingerprint density at radius 1 is 1.37 bits per heavy atom. The summed E-state index contributed by atoms with van der Waals surface area (Å²) in [7, 11) is 1.64. The van der Waals surface area contributed by atoms with Gasteiger partial charge >= 0.3 is 5.97 Å². The number of nitrogens with one attached hydrogen (secondary N) is 1. The summed E-state index contributed by atoms with van der Waals surface area (Å²) in [4.78, 5) is 22.9. The fourth-order valence-electron chi connectivity index (χ4n) is 2.69. The molecule has 1 heterocycles. The van der Waals surface area contributed by atoms with Crippen molar-refractivity contribution in [2.75, 3.05) is 13.7 Å². The zero-order valence-corrected chi connectivity index (χ0v) is 11.2. The van der Waals surface area contributed by atoms with Crippen LogP contribution in [0, 0.1) is 0 Å². The average Bonchev–Trinajstić information content (AvgIpc) is 2.81. The van der Waals surface area contributed by atoms with Crippen LogP contribution in [0.5, 0.6) is 0 Å². The Labute approximate surface area is 112 Å². The first-order valence-corrected chi connectivity index (χ1v) is 6.75. The molecule has 1 saturated carbocycles. The Morgan fingerprint density at radius 3 is 2.53 bits per heavy atom. The molecule has 6 heteroatoms. The van der Waals surface area contributed by atoms with Crippen molar-refractivity contribution in [2.24, 2.45) is 0 Å². The van der Waals surface area contributed by atoms with Gasteiger partial charge in [-0.15, -0.1) is 0 Å². The molecule has 0 spiro atoms. The number of rotatable bonds is 6. The van der Waals surface area contributed by atoms with Crippen LogP contribution in [-0.2, 0) is 19.1 Å². The summed E-state index contributed by atoms with van der Waals surface area (Å²) in [6.07, 6.45) is 3.22. The highest BCUT2D eigenvalue weighted by atomic mass is 16.5. The molecule has 0 bridgehead atoms. The summed E-state index contributed by atoms with van der Waals surface area (Å²) in [6.45, 7) is 0.615. The van der Waals surface area contributed by atoms with E-state index in [1.807, 2.05) is 0 Å². The Balaban J connectivity index is 1.85. The minimum Gasteiger partial charge on any atom is -0.479 e. The van der Waals surface area contributed by atoms with E-state index in [-0.39, 0.29) is 11.4 Å². The van der Waals surface area contributed by atoms with E-state index in [1.165, 1.54) is 0 Å². The predicted molar refractivity (Wildman–Crippen MR) is 66.7 cm³/mol. The SMILES string of the molecule is COCCC1(NC(=O)[C@@H]2CC[C@H](C(=O)O)O2)CCC1. The summed E-state index contributed by atoms with van der Waals surface area (Å²) in [5.74, 6) is -1.17. The van der Waals surface area contributed by atoms with Gasteiger partial charge in [0.2, 0.25) is 5.91 Å². The number of amides is 1. The van der Waals surface area contributed by atoms with Crippen LogP contribution < -0.4 is 5.32 Å². The smallest absolute Gasteiger partial charge is 0.332 e. The lowest BCUT2D eigenvalue weighted by atomic mass is 9.74. The van der Waals surface area contributed by atoms with E-state index in [1.54, 1.807) is 7.11 Å². The number of carboxylic acids is 1. The molecule has 0 aromatic rings. The van der Waals surface area contributed by atoms with Crippen LogP contribution in [-0.4, -0.2) is 48.4 Å². The highest BCUT2D eigenvalue weighted by Gasteiger charge is 2.41. The second-order valence-electron chi connectivity index (χ2n) is 5.39. The molecule has 6 nitrogen and oxygen atoms in total. The number of hydrogen-bond donors (Lipinski definition) is 2. The zero-order valence-electron chi connectivity index (χ0n) is 11.2. The molecule has 1 aliphatic carbocycles. The van der Waals surface area contributed by atoms with Crippen molar-refractivity contribution in [1.29, 1.82) is 0 Å². The first-order chi connectivity index (χ1) is 9.06. The van der Waals surface area contributed by atoms with E-state index in [4.69, 9.17) is 14.6 Å². The summed E-state index contributed by atoms with van der Waals surface area (Å²) in [5.41, 5.74) is -0.169. The number of hydrogen-bond acceptors (Lipinski definition) is 4. The van der Waals surface area contributed by atoms with Crippen molar-refractivity contribution in [1.82, 2.24) is 5.32 Å². The Bertz CT molecular complexity index is 353. The van der Waals surface area contributed by atoms with Crippen LogP contribution >= 0.6 is 0 Å². The van der Waals surface area contributed by atoms with Gasteiger partial charge < -0.3 is 19.9 Å². The largest absolute Gasteiger partial charge is 0.479 e. The van der Waals surface area contributed by atoms with Gasteiger partial charge in [-0.25, -0.2) is 4.79 Å². The molecule has 1 amide bonds. The van der Waals surface area contributed by atoms with Gasteiger partial charge in [-0.1, -0.05) is 0 Å². The molecule has 2 fully saturated rings. The maximum absolute atomic E-state index is 12.1. The number of methoxy groups -OCH3 is 1. The van der Waals surface area contributed by atoms with Crippen LogP contribution in [0.4, 0.5) is 0 Å². The standard InChI is InChI=1S/C13H21NO5/c1-18-8-7-13(5-2-6-13)14-11(15)9-3-4-10(19-9)12(16)17/h9-10H,2-8H2,1H3,(H,14,15)(H,16,17)/t9-,10+/m0/s1. The summed E-state index contributed by atoms with van der Waals surface area (Å²) < 4.78 is 10.3. The number of carbonyl (C=O) groups is 2. The first kappa shape index (κ1) is 14.3. The number of aliphatic carboxylic acids is 1. The zero-order chi connectivity index (χ0) is 13.9. The van der Waals surface area contributed by atoms with Crippen molar-refractivity contribution in [3.8, 4) is 0 Å². The van der Waals surface area contributed by atoms with Crippen molar-refractivity contribution in [2.45, 2.75) is 56.3 Å². The van der Waals surface area contributed by atoms with Crippen LogP contribution in [0.3, 0.4) is 0 Å². The molecule has 1 saturated heterocycles. The van der Waals surface area contributed by atoms with Crippen molar-refractivity contribution >= 4 is 11.9 Å². The van der Waals surface area contributed by atoms with E-state index in [0.717, 1.165) is 25.7 Å². The fourth-order valence-corrected chi connectivity index (χ4v) is 2.69. The van der Waals surface area contributed by atoms with E-state index in [9.17, 15) is 9.59 Å². The van der Waals surface area contributed by atoms with E-state index < -0.39 is 18.2 Å².